The van der Waals surface area contributed by atoms with E-state index >= 15 is 0 Å². The first kappa shape index (κ1) is 13.0. The number of aryl methyl sites for hydroxylation is 3. The average molecular weight is 311 g/mol. The maximum atomic E-state index is 12.2. The summed E-state index contributed by atoms with van der Waals surface area (Å²) in [4.78, 5) is 16.2. The standard InChI is InChI=1S/C12H15BrN4O/c1-4-17-9(12(13)8(2)15-17)5-11(18)10-6-14-7-16(10)3/h6-7H,4-5H2,1-3H3. The van der Waals surface area contributed by atoms with Gasteiger partial charge in [-0.25, -0.2) is 4.98 Å². The highest BCUT2D eigenvalue weighted by molar-refractivity contribution is 9.10. The monoisotopic (exact) mass is 310 g/mol. The zero-order valence-corrected chi connectivity index (χ0v) is 12.2. The van der Waals surface area contributed by atoms with Gasteiger partial charge < -0.3 is 4.57 Å². The van der Waals surface area contributed by atoms with Gasteiger partial charge in [-0.15, -0.1) is 0 Å². The molecule has 0 unspecified atom stereocenters. The number of carbonyl (C=O) groups is 1. The second-order valence-corrected chi connectivity index (χ2v) is 4.94. The van der Waals surface area contributed by atoms with Crippen LogP contribution in [0.4, 0.5) is 0 Å². The minimum absolute atomic E-state index is 0.0466. The van der Waals surface area contributed by atoms with Crippen LogP contribution in [-0.2, 0) is 20.0 Å². The largest absolute Gasteiger partial charge is 0.331 e. The predicted molar refractivity (Wildman–Crippen MR) is 71.6 cm³/mol. The molecule has 0 radical (unpaired) electrons. The Morgan fingerprint density at radius 3 is 2.78 bits per heavy atom. The number of Topliss-reactive ketones (excluding diaryl/α,β-unsaturated/α-hetero) is 1. The smallest absolute Gasteiger partial charge is 0.186 e. The number of nitrogens with zero attached hydrogens (tertiary/aromatic N) is 4. The highest BCUT2D eigenvalue weighted by Crippen LogP contribution is 2.22. The molecule has 0 saturated carbocycles. The van der Waals surface area contributed by atoms with Crippen molar-refractivity contribution in [1.82, 2.24) is 19.3 Å². The van der Waals surface area contributed by atoms with Crippen molar-refractivity contribution >= 4 is 21.7 Å². The van der Waals surface area contributed by atoms with E-state index in [0.29, 0.717) is 12.1 Å². The van der Waals surface area contributed by atoms with Gasteiger partial charge in [0.2, 0.25) is 0 Å². The van der Waals surface area contributed by atoms with Crippen molar-refractivity contribution in [3.05, 3.63) is 34.1 Å². The lowest BCUT2D eigenvalue weighted by Crippen LogP contribution is -2.12. The molecule has 2 heterocycles. The third kappa shape index (κ3) is 2.25. The van der Waals surface area contributed by atoms with Crippen LogP contribution < -0.4 is 0 Å². The second-order valence-electron chi connectivity index (χ2n) is 4.15. The van der Waals surface area contributed by atoms with Crippen LogP contribution in [0.3, 0.4) is 0 Å². The van der Waals surface area contributed by atoms with Gasteiger partial charge in [0.15, 0.2) is 5.78 Å². The molecular formula is C12H15BrN4O. The number of rotatable bonds is 4. The van der Waals surface area contributed by atoms with E-state index in [0.717, 1.165) is 22.4 Å². The Morgan fingerprint density at radius 2 is 2.22 bits per heavy atom. The predicted octanol–water partition coefficient (Wildman–Crippen LogP) is 2.13. The highest BCUT2D eigenvalue weighted by Gasteiger charge is 2.18. The fraction of sp³-hybridized carbons (Fsp3) is 0.417. The third-order valence-corrected chi connectivity index (χ3v) is 3.91. The van der Waals surface area contributed by atoms with Crippen LogP contribution in [0.15, 0.2) is 17.0 Å². The van der Waals surface area contributed by atoms with Crippen LogP contribution in [-0.4, -0.2) is 25.1 Å². The fourth-order valence-corrected chi connectivity index (χ4v) is 2.33. The Kier molecular flexibility index (Phi) is 3.65. The number of imidazole rings is 1. The van der Waals surface area contributed by atoms with Gasteiger partial charge >= 0.3 is 0 Å². The summed E-state index contributed by atoms with van der Waals surface area (Å²) in [7, 11) is 1.82. The van der Waals surface area contributed by atoms with Gasteiger partial charge in [0.1, 0.15) is 5.69 Å². The third-order valence-electron chi connectivity index (χ3n) is 2.88. The van der Waals surface area contributed by atoms with Gasteiger partial charge in [-0.2, -0.15) is 5.10 Å². The van der Waals surface area contributed by atoms with Gasteiger partial charge in [-0.3, -0.25) is 9.48 Å². The summed E-state index contributed by atoms with van der Waals surface area (Å²) in [6.07, 6.45) is 3.55. The summed E-state index contributed by atoms with van der Waals surface area (Å²) < 4.78 is 4.50. The van der Waals surface area contributed by atoms with E-state index in [1.54, 1.807) is 17.1 Å². The Balaban J connectivity index is 2.30. The summed E-state index contributed by atoms with van der Waals surface area (Å²) >= 11 is 3.49. The lowest BCUT2D eigenvalue weighted by Gasteiger charge is -2.05. The normalized spacial score (nSPS) is 10.9. The summed E-state index contributed by atoms with van der Waals surface area (Å²) in [5.41, 5.74) is 2.44. The minimum Gasteiger partial charge on any atom is -0.331 e. The number of hydrogen-bond donors (Lipinski definition) is 0. The van der Waals surface area contributed by atoms with E-state index in [-0.39, 0.29) is 5.78 Å². The van der Waals surface area contributed by atoms with Crippen LogP contribution in [0.25, 0.3) is 0 Å². The molecule has 0 N–H and O–H groups in total. The molecule has 2 aromatic rings. The Hall–Kier alpha value is -1.43. The molecule has 5 nitrogen and oxygen atoms in total. The van der Waals surface area contributed by atoms with Crippen molar-refractivity contribution in [2.75, 3.05) is 0 Å². The van der Waals surface area contributed by atoms with Crippen LogP contribution in [0.5, 0.6) is 0 Å². The van der Waals surface area contributed by atoms with Crippen LogP contribution >= 0.6 is 15.9 Å². The zero-order chi connectivity index (χ0) is 13.3. The molecule has 0 amide bonds. The topological polar surface area (TPSA) is 52.7 Å². The van der Waals surface area contributed by atoms with Crippen molar-refractivity contribution in [2.24, 2.45) is 7.05 Å². The van der Waals surface area contributed by atoms with E-state index in [1.165, 1.54) is 0 Å². The average Bonchev–Trinajstić information content (AvgIpc) is 2.87. The van der Waals surface area contributed by atoms with E-state index in [9.17, 15) is 4.79 Å². The van der Waals surface area contributed by atoms with E-state index < -0.39 is 0 Å². The van der Waals surface area contributed by atoms with Gasteiger partial charge in [-0.1, -0.05) is 0 Å². The van der Waals surface area contributed by atoms with Gasteiger partial charge in [0, 0.05) is 13.6 Å². The first-order valence-electron chi connectivity index (χ1n) is 5.75. The molecule has 6 heteroatoms. The summed E-state index contributed by atoms with van der Waals surface area (Å²) in [6.45, 7) is 4.69. The summed E-state index contributed by atoms with van der Waals surface area (Å²) in [5, 5.41) is 4.38. The summed E-state index contributed by atoms with van der Waals surface area (Å²) in [6, 6.07) is 0. The van der Waals surface area contributed by atoms with Crippen molar-refractivity contribution < 1.29 is 4.79 Å². The SMILES string of the molecule is CCn1nc(C)c(Br)c1CC(=O)c1cncn1C. The van der Waals surface area contributed by atoms with E-state index in [1.807, 2.05) is 25.6 Å². The lowest BCUT2D eigenvalue weighted by molar-refractivity contribution is 0.0982. The zero-order valence-electron chi connectivity index (χ0n) is 10.6. The van der Waals surface area contributed by atoms with Crippen molar-refractivity contribution in [2.45, 2.75) is 26.8 Å². The van der Waals surface area contributed by atoms with Crippen LogP contribution in [0.2, 0.25) is 0 Å². The molecule has 0 atom stereocenters. The first-order valence-corrected chi connectivity index (χ1v) is 6.55. The minimum atomic E-state index is 0.0466. The molecule has 2 aromatic heterocycles. The quantitative estimate of drug-likeness (QED) is 0.813. The second kappa shape index (κ2) is 5.06. The molecule has 96 valence electrons. The maximum Gasteiger partial charge on any atom is 0.186 e. The van der Waals surface area contributed by atoms with Crippen molar-refractivity contribution in [1.29, 1.82) is 0 Å². The Bertz CT molecular complexity index is 585. The summed E-state index contributed by atoms with van der Waals surface area (Å²) in [5.74, 6) is 0.0466. The van der Waals surface area contributed by atoms with Crippen molar-refractivity contribution in [3.8, 4) is 0 Å². The number of hydrogen-bond acceptors (Lipinski definition) is 3. The Morgan fingerprint density at radius 1 is 1.50 bits per heavy atom. The van der Waals surface area contributed by atoms with Gasteiger partial charge in [-0.05, 0) is 29.8 Å². The molecule has 0 aromatic carbocycles. The molecule has 0 bridgehead atoms. The van der Waals surface area contributed by atoms with E-state index in [2.05, 4.69) is 26.0 Å². The van der Waals surface area contributed by atoms with Crippen LogP contribution in [0, 0.1) is 6.92 Å². The van der Waals surface area contributed by atoms with Gasteiger partial charge in [0.05, 0.1) is 34.8 Å². The van der Waals surface area contributed by atoms with Crippen molar-refractivity contribution in [3.63, 3.8) is 0 Å². The lowest BCUT2D eigenvalue weighted by atomic mass is 10.1. The molecule has 0 saturated heterocycles. The molecule has 0 fully saturated rings. The molecule has 18 heavy (non-hydrogen) atoms. The number of carbonyl (C=O) groups excluding carboxylic acids is 1. The van der Waals surface area contributed by atoms with E-state index in [4.69, 9.17) is 0 Å². The molecular weight excluding hydrogens is 296 g/mol. The number of ketones is 1. The molecule has 0 aliphatic rings. The Labute approximate surface area is 114 Å². The molecule has 0 aliphatic carbocycles. The highest BCUT2D eigenvalue weighted by atomic mass is 79.9. The molecule has 0 aliphatic heterocycles. The molecule has 2 rings (SSSR count). The number of aromatic nitrogens is 4. The van der Waals surface area contributed by atoms with Crippen LogP contribution in [0.1, 0.15) is 28.8 Å². The molecule has 0 spiro atoms. The fourth-order valence-electron chi connectivity index (χ4n) is 1.91. The maximum absolute atomic E-state index is 12.2. The first-order chi connectivity index (χ1) is 8.54. The van der Waals surface area contributed by atoms with Gasteiger partial charge in [0.25, 0.3) is 0 Å². The number of halogens is 1.